The molecule has 1 N–H and O–H groups in total. The van der Waals surface area contributed by atoms with E-state index in [1.54, 1.807) is 7.11 Å². The maximum absolute atomic E-state index is 13.3. The van der Waals surface area contributed by atoms with Gasteiger partial charge in [-0.3, -0.25) is 14.8 Å². The number of benzene rings is 2. The largest absolute Gasteiger partial charge is 0.497 e. The Bertz CT molecular complexity index is 994. The van der Waals surface area contributed by atoms with E-state index < -0.39 is 0 Å². The van der Waals surface area contributed by atoms with Crippen LogP contribution in [0.2, 0.25) is 0 Å². The molecule has 1 aliphatic heterocycles. The Kier molecular flexibility index (Phi) is 4.98. The number of fused-ring (bicyclic) bond motifs is 1. The molecule has 2 heterocycles. The van der Waals surface area contributed by atoms with Gasteiger partial charge in [0.05, 0.1) is 13.2 Å². The fraction of sp³-hybridized carbons (Fsp3) is 0.273. The summed E-state index contributed by atoms with van der Waals surface area (Å²) in [6, 6.07) is 15.5. The van der Waals surface area contributed by atoms with Crippen LogP contribution in [0.25, 0.3) is 0 Å². The molecule has 0 saturated carbocycles. The average molecular weight is 440 g/mol. The zero-order chi connectivity index (χ0) is 19.8. The Labute approximate surface area is 172 Å². The Morgan fingerprint density at radius 3 is 2.43 bits per heavy atom. The molecular weight excluding hydrogens is 418 g/mol. The average Bonchev–Trinajstić information content (AvgIpc) is 3.21. The van der Waals surface area contributed by atoms with Crippen molar-refractivity contribution in [1.82, 2.24) is 10.2 Å². The molecule has 1 amide bonds. The van der Waals surface area contributed by atoms with Gasteiger partial charge in [-0.05, 0) is 54.3 Å². The van der Waals surface area contributed by atoms with Crippen molar-refractivity contribution in [2.24, 2.45) is 5.92 Å². The predicted molar refractivity (Wildman–Crippen MR) is 113 cm³/mol. The number of carbonyl (C=O) groups excluding carboxylic acids is 1. The summed E-state index contributed by atoms with van der Waals surface area (Å²) in [7, 11) is 1.63. The molecule has 28 heavy (non-hydrogen) atoms. The topological polar surface area (TPSA) is 58.2 Å². The van der Waals surface area contributed by atoms with Gasteiger partial charge < -0.3 is 4.74 Å². The minimum Gasteiger partial charge on any atom is -0.497 e. The normalized spacial score (nSPS) is 16.0. The van der Waals surface area contributed by atoms with Crippen LogP contribution in [0, 0.1) is 5.92 Å². The van der Waals surface area contributed by atoms with Crippen LogP contribution in [0.3, 0.4) is 0 Å². The molecule has 4 rings (SSSR count). The first-order valence-electron chi connectivity index (χ1n) is 9.29. The first-order valence-corrected chi connectivity index (χ1v) is 10.1. The molecule has 0 aliphatic carbocycles. The van der Waals surface area contributed by atoms with E-state index in [1.807, 2.05) is 41.3 Å². The maximum atomic E-state index is 13.3. The Hall–Kier alpha value is -2.60. The third-order valence-corrected chi connectivity index (χ3v) is 5.51. The van der Waals surface area contributed by atoms with Gasteiger partial charge in [0.1, 0.15) is 5.75 Å². The number of methoxy groups -OCH3 is 1. The number of hydrogen-bond donors (Lipinski definition) is 1. The van der Waals surface area contributed by atoms with Crippen LogP contribution in [0.1, 0.15) is 47.2 Å². The molecule has 6 heteroatoms. The van der Waals surface area contributed by atoms with E-state index in [9.17, 15) is 4.79 Å². The molecule has 0 fully saturated rings. The first-order chi connectivity index (χ1) is 13.5. The summed E-state index contributed by atoms with van der Waals surface area (Å²) in [6.45, 7) is 4.33. The number of anilines is 1. The fourth-order valence-electron chi connectivity index (χ4n) is 3.74. The second-order valence-corrected chi connectivity index (χ2v) is 8.31. The number of carbonyl (C=O) groups is 1. The zero-order valence-corrected chi connectivity index (χ0v) is 17.7. The second-order valence-electron chi connectivity index (χ2n) is 7.39. The molecule has 144 valence electrons. The number of aromatic nitrogens is 2. The highest BCUT2D eigenvalue weighted by Crippen LogP contribution is 2.43. The lowest BCUT2D eigenvalue weighted by Gasteiger charge is -2.27. The Morgan fingerprint density at radius 1 is 1.14 bits per heavy atom. The van der Waals surface area contributed by atoms with E-state index in [0.29, 0.717) is 11.6 Å². The van der Waals surface area contributed by atoms with Gasteiger partial charge in [0.25, 0.3) is 5.91 Å². The third kappa shape index (κ3) is 3.22. The van der Waals surface area contributed by atoms with Crippen molar-refractivity contribution >= 4 is 27.5 Å². The molecule has 1 unspecified atom stereocenters. The smallest absolute Gasteiger partial charge is 0.279 e. The molecule has 1 aliphatic rings. The summed E-state index contributed by atoms with van der Waals surface area (Å²) in [6.07, 6.45) is 0.846. The van der Waals surface area contributed by atoms with Crippen molar-refractivity contribution in [2.75, 3.05) is 12.0 Å². The van der Waals surface area contributed by atoms with Gasteiger partial charge in [-0.1, -0.05) is 41.9 Å². The number of rotatable bonds is 5. The summed E-state index contributed by atoms with van der Waals surface area (Å²) in [5, 5.41) is 7.50. The van der Waals surface area contributed by atoms with Crippen LogP contribution < -0.4 is 9.64 Å². The summed E-state index contributed by atoms with van der Waals surface area (Å²) in [5.41, 5.74) is 4.41. The van der Waals surface area contributed by atoms with Crippen molar-refractivity contribution in [3.8, 4) is 5.75 Å². The molecule has 2 aromatic carbocycles. The van der Waals surface area contributed by atoms with Crippen LogP contribution in [0.15, 0.2) is 53.0 Å². The molecule has 0 saturated heterocycles. The lowest BCUT2D eigenvalue weighted by molar-refractivity contribution is 0.0988. The minimum atomic E-state index is -0.212. The van der Waals surface area contributed by atoms with Gasteiger partial charge in [0, 0.05) is 21.4 Å². The number of hydrogen-bond acceptors (Lipinski definition) is 3. The number of halogens is 1. The predicted octanol–water partition coefficient (Wildman–Crippen LogP) is 5.13. The van der Waals surface area contributed by atoms with Crippen molar-refractivity contribution in [2.45, 2.75) is 26.3 Å². The van der Waals surface area contributed by atoms with Crippen LogP contribution in [-0.2, 0) is 6.42 Å². The Morgan fingerprint density at radius 2 is 1.82 bits per heavy atom. The highest BCUT2D eigenvalue weighted by Gasteiger charge is 2.43. The molecule has 1 aromatic heterocycles. The highest BCUT2D eigenvalue weighted by atomic mass is 79.9. The fourth-order valence-corrected chi connectivity index (χ4v) is 4.00. The van der Waals surface area contributed by atoms with E-state index in [4.69, 9.17) is 4.74 Å². The van der Waals surface area contributed by atoms with E-state index in [2.05, 4.69) is 52.1 Å². The lowest BCUT2D eigenvalue weighted by Crippen LogP contribution is -2.29. The molecule has 1 atom stereocenters. The standard InChI is InChI=1S/C22H22BrN3O2/c1-13(2)12-18-19-20(25-24-18)22(27)26(16-8-10-17(28-3)11-9-16)21(19)14-4-6-15(23)7-5-14/h4-11,13,21H,12H2,1-3H3,(H,24,25). The lowest BCUT2D eigenvalue weighted by atomic mass is 9.95. The molecule has 0 spiro atoms. The number of nitrogens with zero attached hydrogens (tertiary/aromatic N) is 2. The van der Waals surface area contributed by atoms with Crippen molar-refractivity contribution in [1.29, 1.82) is 0 Å². The minimum absolute atomic E-state index is 0.0839. The number of aromatic amines is 1. The number of amides is 1. The van der Waals surface area contributed by atoms with Crippen LogP contribution in [-0.4, -0.2) is 23.2 Å². The van der Waals surface area contributed by atoms with Crippen molar-refractivity contribution in [3.63, 3.8) is 0 Å². The number of nitrogens with one attached hydrogen (secondary N) is 1. The molecule has 0 radical (unpaired) electrons. The van der Waals surface area contributed by atoms with Crippen LogP contribution >= 0.6 is 15.9 Å². The first kappa shape index (κ1) is 18.7. The SMILES string of the molecule is COc1ccc(N2C(=O)c3n[nH]c(CC(C)C)c3C2c2ccc(Br)cc2)cc1. The van der Waals surface area contributed by atoms with Crippen molar-refractivity contribution < 1.29 is 9.53 Å². The molecular formula is C22H22BrN3O2. The summed E-state index contributed by atoms with van der Waals surface area (Å²) in [4.78, 5) is 15.1. The van der Waals surface area contributed by atoms with Gasteiger partial charge in [-0.15, -0.1) is 0 Å². The molecule has 5 nitrogen and oxygen atoms in total. The van der Waals surface area contributed by atoms with Gasteiger partial charge in [0.15, 0.2) is 5.69 Å². The number of H-pyrrole nitrogens is 1. The van der Waals surface area contributed by atoms with Crippen LogP contribution in [0.4, 0.5) is 5.69 Å². The van der Waals surface area contributed by atoms with Gasteiger partial charge >= 0.3 is 0 Å². The monoisotopic (exact) mass is 439 g/mol. The van der Waals surface area contributed by atoms with E-state index in [-0.39, 0.29) is 11.9 Å². The van der Waals surface area contributed by atoms with E-state index in [0.717, 1.165) is 39.2 Å². The van der Waals surface area contributed by atoms with E-state index >= 15 is 0 Å². The summed E-state index contributed by atoms with van der Waals surface area (Å²) >= 11 is 3.50. The highest BCUT2D eigenvalue weighted by molar-refractivity contribution is 9.10. The molecule has 0 bridgehead atoms. The van der Waals surface area contributed by atoms with E-state index in [1.165, 1.54) is 0 Å². The third-order valence-electron chi connectivity index (χ3n) is 4.98. The maximum Gasteiger partial charge on any atom is 0.279 e. The zero-order valence-electron chi connectivity index (χ0n) is 16.1. The van der Waals surface area contributed by atoms with Crippen LogP contribution in [0.5, 0.6) is 5.75 Å². The van der Waals surface area contributed by atoms with Gasteiger partial charge in [-0.25, -0.2) is 0 Å². The Balaban J connectivity index is 1.85. The summed E-state index contributed by atoms with van der Waals surface area (Å²) in [5.74, 6) is 1.13. The summed E-state index contributed by atoms with van der Waals surface area (Å²) < 4.78 is 6.27. The van der Waals surface area contributed by atoms with Gasteiger partial charge in [0.2, 0.25) is 0 Å². The van der Waals surface area contributed by atoms with Crippen molar-refractivity contribution in [3.05, 3.63) is 75.5 Å². The quantitative estimate of drug-likeness (QED) is 0.599. The van der Waals surface area contributed by atoms with Gasteiger partial charge in [-0.2, -0.15) is 5.10 Å². The molecule has 3 aromatic rings. The second kappa shape index (κ2) is 7.43. The number of ether oxygens (including phenoxy) is 1.